The van der Waals surface area contributed by atoms with Gasteiger partial charge in [0.2, 0.25) is 5.76 Å². The molecular weight excluding hydrogens is 308 g/mol. The van der Waals surface area contributed by atoms with E-state index in [-0.39, 0.29) is 18.2 Å². The maximum absolute atomic E-state index is 12.3. The summed E-state index contributed by atoms with van der Waals surface area (Å²) < 4.78 is 10.4. The van der Waals surface area contributed by atoms with Crippen LogP contribution in [0.2, 0.25) is 0 Å². The number of carbonyl (C=O) groups excluding carboxylic acids is 1. The fourth-order valence-corrected chi connectivity index (χ4v) is 3.23. The minimum Gasteiger partial charge on any atom is -0.494 e. The average molecular weight is 332 g/mol. The van der Waals surface area contributed by atoms with Gasteiger partial charge in [0.15, 0.2) is 0 Å². The van der Waals surface area contributed by atoms with Crippen LogP contribution in [0.25, 0.3) is 0 Å². The van der Waals surface area contributed by atoms with Crippen LogP contribution >= 0.6 is 0 Å². The van der Waals surface area contributed by atoms with Gasteiger partial charge in [-0.05, 0) is 12.0 Å². The van der Waals surface area contributed by atoms with Crippen LogP contribution in [-0.2, 0) is 20.8 Å². The lowest BCUT2D eigenvalue weighted by molar-refractivity contribution is -0.134. The summed E-state index contributed by atoms with van der Waals surface area (Å²) >= 11 is 0. The molecule has 0 spiro atoms. The molecule has 1 N–H and O–H groups in total. The largest absolute Gasteiger partial charge is 0.494 e. The fourth-order valence-electron chi connectivity index (χ4n) is 3.23. The van der Waals surface area contributed by atoms with Gasteiger partial charge >= 0.3 is 0 Å². The fraction of sp³-hybridized carbons (Fsp3) is 0.500. The monoisotopic (exact) mass is 332 g/mol. The maximum Gasteiger partial charge on any atom is 0.292 e. The minimum atomic E-state index is -0.894. The molecule has 2 aliphatic rings. The Morgan fingerprint density at radius 1 is 1.33 bits per heavy atom. The molecule has 1 atom stereocenters. The van der Waals surface area contributed by atoms with Crippen molar-refractivity contribution in [2.24, 2.45) is 0 Å². The highest BCUT2D eigenvalue weighted by Gasteiger charge is 2.38. The molecule has 0 radical (unpaired) electrons. The molecule has 1 fully saturated rings. The summed E-state index contributed by atoms with van der Waals surface area (Å²) in [6.07, 6.45) is 2.00. The Labute approximate surface area is 142 Å². The number of hydrogen-bond acceptors (Lipinski definition) is 5. The van der Waals surface area contributed by atoms with Crippen LogP contribution < -0.4 is 0 Å². The molecule has 2 aliphatic heterocycles. The van der Waals surface area contributed by atoms with Gasteiger partial charge in [-0.15, -0.1) is 0 Å². The van der Waals surface area contributed by atoms with Crippen LogP contribution in [0.5, 0.6) is 0 Å². The number of hydrogen-bond donors (Lipinski definition) is 1. The van der Waals surface area contributed by atoms with Crippen molar-refractivity contribution in [1.82, 2.24) is 9.80 Å². The van der Waals surface area contributed by atoms with Crippen molar-refractivity contribution in [2.45, 2.75) is 18.6 Å². The Morgan fingerprint density at radius 3 is 2.83 bits per heavy atom. The van der Waals surface area contributed by atoms with E-state index in [0.717, 1.165) is 13.1 Å². The van der Waals surface area contributed by atoms with Crippen molar-refractivity contribution in [3.63, 3.8) is 0 Å². The molecule has 1 aromatic carbocycles. The zero-order valence-corrected chi connectivity index (χ0v) is 14.0. The molecule has 2 heterocycles. The Kier molecular flexibility index (Phi) is 5.06. The molecular formula is C18H24N2O4. The van der Waals surface area contributed by atoms with Gasteiger partial charge in [-0.3, -0.25) is 9.69 Å². The third-order valence-electron chi connectivity index (χ3n) is 4.40. The SMILES string of the molecule is CN(C[C@@]1(O)CCN(Cc2ccccc2)C1)C(=O)C1=COCCO1. The lowest BCUT2D eigenvalue weighted by atomic mass is 10.0. The molecule has 0 saturated carbocycles. The van der Waals surface area contributed by atoms with E-state index in [1.807, 2.05) is 18.2 Å². The zero-order valence-electron chi connectivity index (χ0n) is 14.0. The van der Waals surface area contributed by atoms with Crippen LogP contribution in [0.1, 0.15) is 12.0 Å². The van der Waals surface area contributed by atoms with Gasteiger partial charge in [-0.2, -0.15) is 0 Å². The third kappa shape index (κ3) is 4.07. The van der Waals surface area contributed by atoms with Crippen LogP contribution in [0, 0.1) is 0 Å². The summed E-state index contributed by atoms with van der Waals surface area (Å²) in [5.74, 6) is -0.0591. The Bertz CT molecular complexity index is 604. The number of ether oxygens (including phenoxy) is 2. The van der Waals surface area contributed by atoms with E-state index in [1.165, 1.54) is 16.7 Å². The predicted octanol–water partition coefficient (Wildman–Crippen LogP) is 0.970. The van der Waals surface area contributed by atoms with Crippen molar-refractivity contribution in [3.8, 4) is 0 Å². The van der Waals surface area contributed by atoms with Crippen molar-refractivity contribution in [3.05, 3.63) is 47.9 Å². The molecule has 0 aromatic heterocycles. The first kappa shape index (κ1) is 16.8. The smallest absolute Gasteiger partial charge is 0.292 e. The van der Waals surface area contributed by atoms with Crippen LogP contribution in [0.4, 0.5) is 0 Å². The van der Waals surface area contributed by atoms with Crippen LogP contribution in [-0.4, -0.2) is 66.3 Å². The first-order valence-electron chi connectivity index (χ1n) is 8.24. The van der Waals surface area contributed by atoms with Gasteiger partial charge < -0.3 is 19.5 Å². The van der Waals surface area contributed by atoms with E-state index in [1.54, 1.807) is 7.05 Å². The molecule has 6 heteroatoms. The van der Waals surface area contributed by atoms with E-state index in [9.17, 15) is 9.90 Å². The molecule has 1 aromatic rings. The predicted molar refractivity (Wildman–Crippen MR) is 88.9 cm³/mol. The standard InChI is InChI=1S/C18H24N2O4/c1-19(17(21)16-12-23-9-10-24-16)13-18(22)7-8-20(14-18)11-15-5-3-2-4-6-15/h2-6,12,22H,7-11,13-14H2,1H3/t18-/m0/s1. The van der Waals surface area contributed by atoms with Crippen LogP contribution in [0.15, 0.2) is 42.4 Å². The van der Waals surface area contributed by atoms with Gasteiger partial charge in [0.25, 0.3) is 5.91 Å². The van der Waals surface area contributed by atoms with Gasteiger partial charge in [-0.25, -0.2) is 0 Å². The third-order valence-corrected chi connectivity index (χ3v) is 4.40. The molecule has 1 amide bonds. The molecule has 0 unspecified atom stereocenters. The number of rotatable bonds is 5. The molecule has 6 nitrogen and oxygen atoms in total. The van der Waals surface area contributed by atoms with E-state index in [0.29, 0.717) is 26.2 Å². The number of benzene rings is 1. The number of β-amino-alcohol motifs (C(OH)–C–C–N with tert-alkyl or cyclic N) is 1. The quantitative estimate of drug-likeness (QED) is 0.871. The summed E-state index contributed by atoms with van der Waals surface area (Å²) in [7, 11) is 1.68. The lowest BCUT2D eigenvalue weighted by Crippen LogP contribution is -2.46. The zero-order chi connectivity index (χ0) is 17.0. The summed E-state index contributed by atoms with van der Waals surface area (Å²) in [4.78, 5) is 16.1. The van der Waals surface area contributed by atoms with E-state index < -0.39 is 5.60 Å². The van der Waals surface area contributed by atoms with Gasteiger partial charge in [0, 0.05) is 26.7 Å². The van der Waals surface area contributed by atoms with E-state index in [4.69, 9.17) is 9.47 Å². The van der Waals surface area contributed by atoms with Crippen LogP contribution in [0.3, 0.4) is 0 Å². The van der Waals surface area contributed by atoms with E-state index in [2.05, 4.69) is 17.0 Å². The summed E-state index contributed by atoms with van der Waals surface area (Å²) in [6.45, 7) is 3.28. The van der Waals surface area contributed by atoms with Gasteiger partial charge in [0.05, 0.1) is 12.1 Å². The number of aliphatic hydroxyl groups is 1. The Morgan fingerprint density at radius 2 is 2.12 bits per heavy atom. The molecule has 0 aliphatic carbocycles. The number of nitrogens with zero attached hydrogens (tertiary/aromatic N) is 2. The van der Waals surface area contributed by atoms with Gasteiger partial charge in [0.1, 0.15) is 19.5 Å². The van der Waals surface area contributed by atoms with Crippen molar-refractivity contribution in [2.75, 3.05) is 39.9 Å². The summed E-state index contributed by atoms with van der Waals surface area (Å²) in [5, 5.41) is 10.8. The van der Waals surface area contributed by atoms with Crippen molar-refractivity contribution in [1.29, 1.82) is 0 Å². The summed E-state index contributed by atoms with van der Waals surface area (Å²) in [5.41, 5.74) is 0.332. The molecule has 24 heavy (non-hydrogen) atoms. The second-order valence-corrected chi connectivity index (χ2v) is 6.53. The Hall–Kier alpha value is -2.05. The highest BCUT2D eigenvalue weighted by Crippen LogP contribution is 2.24. The van der Waals surface area contributed by atoms with Crippen molar-refractivity contribution < 1.29 is 19.4 Å². The summed E-state index contributed by atoms with van der Waals surface area (Å²) in [6, 6.07) is 10.2. The first-order valence-corrected chi connectivity index (χ1v) is 8.24. The molecule has 130 valence electrons. The maximum atomic E-state index is 12.3. The topological polar surface area (TPSA) is 62.2 Å². The van der Waals surface area contributed by atoms with E-state index >= 15 is 0 Å². The second kappa shape index (κ2) is 7.23. The number of carbonyl (C=O) groups is 1. The van der Waals surface area contributed by atoms with Crippen molar-refractivity contribution >= 4 is 5.91 Å². The average Bonchev–Trinajstić information content (AvgIpc) is 2.96. The highest BCUT2D eigenvalue weighted by atomic mass is 16.6. The normalized spacial score (nSPS) is 24.0. The minimum absolute atomic E-state index is 0.200. The molecule has 3 rings (SSSR count). The number of likely N-dealkylation sites (N-methyl/N-ethyl adjacent to an activating group) is 1. The highest BCUT2D eigenvalue weighted by molar-refractivity contribution is 5.91. The Balaban J connectivity index is 1.54. The molecule has 1 saturated heterocycles. The number of amides is 1. The molecule has 0 bridgehead atoms. The van der Waals surface area contributed by atoms with Gasteiger partial charge in [-0.1, -0.05) is 30.3 Å². The number of likely N-dealkylation sites (tertiary alicyclic amines) is 1. The lowest BCUT2D eigenvalue weighted by Gasteiger charge is -2.30. The second-order valence-electron chi connectivity index (χ2n) is 6.53. The first-order chi connectivity index (χ1) is 11.6.